The van der Waals surface area contributed by atoms with Crippen molar-refractivity contribution in [3.05, 3.63) is 34.4 Å². The molecule has 2 aliphatic carbocycles. The molecule has 3 fully saturated rings. The van der Waals surface area contributed by atoms with Crippen molar-refractivity contribution in [3.63, 3.8) is 0 Å². The van der Waals surface area contributed by atoms with E-state index in [0.717, 1.165) is 37.8 Å². The molecule has 2 saturated carbocycles. The van der Waals surface area contributed by atoms with Crippen molar-refractivity contribution in [2.45, 2.75) is 50.1 Å². The lowest BCUT2D eigenvalue weighted by Crippen LogP contribution is -2.60. The molecule has 1 aromatic rings. The summed E-state index contributed by atoms with van der Waals surface area (Å²) in [4.78, 5) is 36.0. The van der Waals surface area contributed by atoms with Crippen LogP contribution in [0.2, 0.25) is 5.02 Å². The number of halogens is 3. The molecule has 1 unspecified atom stereocenters. The highest BCUT2D eigenvalue weighted by Crippen LogP contribution is 2.42. The van der Waals surface area contributed by atoms with Gasteiger partial charge in [0.2, 0.25) is 5.91 Å². The summed E-state index contributed by atoms with van der Waals surface area (Å²) in [5.74, 6) is -3.03. The van der Waals surface area contributed by atoms with E-state index in [4.69, 9.17) is 11.6 Å². The van der Waals surface area contributed by atoms with Crippen LogP contribution in [-0.2, 0) is 9.59 Å². The largest absolute Gasteiger partial charge is 0.349 e. The van der Waals surface area contributed by atoms with Gasteiger partial charge in [0.1, 0.15) is 17.2 Å². The van der Waals surface area contributed by atoms with Crippen molar-refractivity contribution in [1.29, 1.82) is 0 Å². The lowest BCUT2D eigenvalue weighted by molar-refractivity contribution is -0.137. The van der Waals surface area contributed by atoms with Crippen LogP contribution >= 0.6 is 11.6 Å². The maximum Gasteiger partial charge on any atom is 0.322 e. The molecule has 150 valence electrons. The summed E-state index contributed by atoms with van der Waals surface area (Å²) in [6, 6.07) is 0.861. The number of carbonyl (C=O) groups excluding carboxylic acids is 3. The number of hydrogen-bond acceptors (Lipinski definition) is 3. The maximum atomic E-state index is 14.6. The molecule has 0 bridgehead atoms. The molecule has 0 aromatic heterocycles. The predicted octanol–water partition coefficient (Wildman–Crippen LogP) is 2.95. The van der Waals surface area contributed by atoms with E-state index < -0.39 is 41.1 Å². The number of urea groups is 1. The molecule has 3 N–H and O–H groups in total. The minimum Gasteiger partial charge on any atom is -0.349 e. The Labute approximate surface area is 165 Å². The van der Waals surface area contributed by atoms with Crippen LogP contribution in [0.1, 0.15) is 50.1 Å². The third-order valence-corrected chi connectivity index (χ3v) is 6.43. The van der Waals surface area contributed by atoms with Crippen molar-refractivity contribution in [2.24, 2.45) is 11.8 Å². The summed E-state index contributed by atoms with van der Waals surface area (Å²) in [7, 11) is 0. The van der Waals surface area contributed by atoms with Gasteiger partial charge in [-0.25, -0.2) is 13.6 Å². The van der Waals surface area contributed by atoms with Gasteiger partial charge in [0.15, 0.2) is 0 Å². The smallest absolute Gasteiger partial charge is 0.322 e. The molecule has 1 aliphatic heterocycles. The van der Waals surface area contributed by atoms with E-state index in [1.807, 2.05) is 0 Å². The SMILES string of the molecule is O=C1NC(=O)C2(CC(C(=O)NC(c3c(F)ccc(Cl)c3F)C3CCCC3)C2)N1. The fraction of sp³-hybridized carbons (Fsp3) is 0.526. The molecule has 4 amide bonds. The molecular formula is C19H20ClF2N3O3. The summed E-state index contributed by atoms with van der Waals surface area (Å²) < 4.78 is 29.1. The lowest BCUT2D eigenvalue weighted by Gasteiger charge is -2.42. The van der Waals surface area contributed by atoms with Crippen LogP contribution in [0.5, 0.6) is 0 Å². The van der Waals surface area contributed by atoms with Gasteiger partial charge in [-0.05, 0) is 43.7 Å². The van der Waals surface area contributed by atoms with Gasteiger partial charge in [-0.2, -0.15) is 0 Å². The van der Waals surface area contributed by atoms with Crippen molar-refractivity contribution < 1.29 is 23.2 Å². The summed E-state index contributed by atoms with van der Waals surface area (Å²) in [6.07, 6.45) is 3.69. The Kier molecular flexibility index (Phi) is 4.77. The van der Waals surface area contributed by atoms with Crippen LogP contribution in [0.25, 0.3) is 0 Å². The molecule has 1 spiro atoms. The van der Waals surface area contributed by atoms with Gasteiger partial charge in [-0.1, -0.05) is 24.4 Å². The molecule has 9 heteroatoms. The second kappa shape index (κ2) is 6.99. The third-order valence-electron chi connectivity index (χ3n) is 6.13. The van der Waals surface area contributed by atoms with E-state index in [2.05, 4.69) is 16.0 Å². The van der Waals surface area contributed by atoms with E-state index in [1.54, 1.807) is 0 Å². The molecule has 3 aliphatic rings. The first kappa shape index (κ1) is 19.1. The zero-order valence-electron chi connectivity index (χ0n) is 15.0. The highest BCUT2D eigenvalue weighted by molar-refractivity contribution is 6.30. The van der Waals surface area contributed by atoms with Crippen molar-refractivity contribution >= 4 is 29.4 Å². The summed E-state index contributed by atoms with van der Waals surface area (Å²) in [5.41, 5.74) is -1.26. The van der Waals surface area contributed by atoms with Crippen LogP contribution < -0.4 is 16.0 Å². The lowest BCUT2D eigenvalue weighted by atomic mass is 9.67. The predicted molar refractivity (Wildman–Crippen MR) is 96.3 cm³/mol. The Bertz CT molecular complexity index is 851. The number of carbonyl (C=O) groups is 3. The summed E-state index contributed by atoms with van der Waals surface area (Å²) in [5, 5.41) is 7.32. The highest BCUT2D eigenvalue weighted by atomic mass is 35.5. The van der Waals surface area contributed by atoms with E-state index >= 15 is 0 Å². The number of rotatable bonds is 4. The molecule has 1 aromatic carbocycles. The van der Waals surface area contributed by atoms with Crippen molar-refractivity contribution in [1.82, 2.24) is 16.0 Å². The molecule has 1 atom stereocenters. The van der Waals surface area contributed by atoms with E-state index in [0.29, 0.717) is 0 Å². The van der Waals surface area contributed by atoms with Gasteiger partial charge in [-0.3, -0.25) is 14.9 Å². The standard InChI is InChI=1S/C19H20ClF2N3O3/c20-11-5-6-12(21)13(14(11)22)15(9-3-1-2-4-9)23-16(26)10-7-19(8-10)17(27)24-18(28)25-19/h5-6,9-10,15H,1-4,7-8H2,(H,23,26)(H2,24,25,27,28). The van der Waals surface area contributed by atoms with Gasteiger partial charge >= 0.3 is 6.03 Å². The van der Waals surface area contributed by atoms with Gasteiger partial charge < -0.3 is 10.6 Å². The first-order valence-corrected chi connectivity index (χ1v) is 9.76. The van der Waals surface area contributed by atoms with E-state index in [1.165, 1.54) is 0 Å². The van der Waals surface area contributed by atoms with Crippen LogP contribution in [0.15, 0.2) is 12.1 Å². The minimum atomic E-state index is -1.05. The number of amides is 4. The molecule has 6 nitrogen and oxygen atoms in total. The normalized spacial score (nSPS) is 28.0. The minimum absolute atomic E-state index is 0.0880. The van der Waals surface area contributed by atoms with E-state index in [9.17, 15) is 23.2 Å². The van der Waals surface area contributed by atoms with Crippen LogP contribution in [0, 0.1) is 23.5 Å². The number of benzene rings is 1. The molecule has 0 radical (unpaired) electrons. The Balaban J connectivity index is 1.53. The van der Waals surface area contributed by atoms with Crippen molar-refractivity contribution in [2.75, 3.05) is 0 Å². The first-order valence-electron chi connectivity index (χ1n) is 9.38. The van der Waals surface area contributed by atoms with Crippen LogP contribution in [-0.4, -0.2) is 23.4 Å². The Morgan fingerprint density at radius 3 is 2.50 bits per heavy atom. The third kappa shape index (κ3) is 3.13. The molecular weight excluding hydrogens is 392 g/mol. The summed E-state index contributed by atoms with van der Waals surface area (Å²) >= 11 is 5.85. The number of hydrogen-bond donors (Lipinski definition) is 3. The Hall–Kier alpha value is -2.22. The molecule has 1 heterocycles. The fourth-order valence-electron chi connectivity index (χ4n) is 4.60. The molecule has 1 saturated heterocycles. The zero-order chi connectivity index (χ0) is 20.1. The van der Waals surface area contributed by atoms with Gasteiger partial charge in [0, 0.05) is 11.5 Å². The van der Waals surface area contributed by atoms with Gasteiger partial charge in [0.05, 0.1) is 11.1 Å². The van der Waals surface area contributed by atoms with Crippen molar-refractivity contribution in [3.8, 4) is 0 Å². The average molecular weight is 412 g/mol. The monoisotopic (exact) mass is 411 g/mol. The first-order chi connectivity index (χ1) is 13.3. The maximum absolute atomic E-state index is 14.6. The average Bonchev–Trinajstić information content (AvgIpc) is 3.23. The summed E-state index contributed by atoms with van der Waals surface area (Å²) in [6.45, 7) is 0. The topological polar surface area (TPSA) is 87.3 Å². The molecule has 4 rings (SSSR count). The second-order valence-electron chi connectivity index (χ2n) is 7.88. The van der Waals surface area contributed by atoms with Gasteiger partial charge in [-0.15, -0.1) is 0 Å². The highest BCUT2D eigenvalue weighted by Gasteiger charge is 2.57. The second-order valence-corrected chi connectivity index (χ2v) is 8.29. The zero-order valence-corrected chi connectivity index (χ0v) is 15.7. The molecule has 28 heavy (non-hydrogen) atoms. The Morgan fingerprint density at radius 2 is 1.89 bits per heavy atom. The van der Waals surface area contributed by atoms with Crippen LogP contribution in [0.4, 0.5) is 13.6 Å². The van der Waals surface area contributed by atoms with E-state index in [-0.39, 0.29) is 35.3 Å². The Morgan fingerprint density at radius 1 is 1.21 bits per heavy atom. The quantitative estimate of drug-likeness (QED) is 0.526. The fourth-order valence-corrected chi connectivity index (χ4v) is 4.76. The number of imide groups is 1. The van der Waals surface area contributed by atoms with Gasteiger partial charge in [0.25, 0.3) is 5.91 Å². The number of nitrogens with one attached hydrogen (secondary N) is 3. The van der Waals surface area contributed by atoms with Crippen LogP contribution in [0.3, 0.4) is 0 Å².